The van der Waals surface area contributed by atoms with Gasteiger partial charge in [0.05, 0.1) is 0 Å². The maximum absolute atomic E-state index is 11.7. The molecule has 1 fully saturated rings. The fourth-order valence-electron chi connectivity index (χ4n) is 2.33. The summed E-state index contributed by atoms with van der Waals surface area (Å²) in [5.41, 5.74) is 1.09. The summed E-state index contributed by atoms with van der Waals surface area (Å²) in [4.78, 5) is 0. The first-order valence-electron chi connectivity index (χ1n) is 6.17. The second kappa shape index (κ2) is 5.69. The molecule has 86 valence electrons. The zero-order valence-electron chi connectivity index (χ0n) is 9.64. The first kappa shape index (κ1) is 11.2. The van der Waals surface area contributed by atoms with E-state index in [2.05, 4.69) is 0 Å². The van der Waals surface area contributed by atoms with Crippen molar-refractivity contribution in [1.29, 1.82) is 0 Å². The number of hydroxylamine groups is 1. The van der Waals surface area contributed by atoms with E-state index in [9.17, 15) is 5.21 Å². The molecule has 1 aliphatic carbocycles. The zero-order chi connectivity index (χ0) is 11.2. The van der Waals surface area contributed by atoms with E-state index in [1.54, 1.807) is 0 Å². The zero-order valence-corrected chi connectivity index (χ0v) is 9.64. The monoisotopic (exact) mass is 217 g/mol. The van der Waals surface area contributed by atoms with Crippen LogP contribution in [0.5, 0.6) is 0 Å². The second-order valence-corrected chi connectivity index (χ2v) is 4.61. The first-order chi connectivity index (χ1) is 7.84. The van der Waals surface area contributed by atoms with Crippen LogP contribution in [0, 0.1) is 11.1 Å². The van der Waals surface area contributed by atoms with Gasteiger partial charge in [0.15, 0.2) is 12.8 Å². The highest BCUT2D eigenvalue weighted by atomic mass is 16.5. The fraction of sp³-hybridized carbons (Fsp3) is 0.500. The van der Waals surface area contributed by atoms with Gasteiger partial charge in [-0.3, -0.25) is 0 Å². The van der Waals surface area contributed by atoms with Gasteiger partial charge >= 0.3 is 0 Å². The van der Waals surface area contributed by atoms with Gasteiger partial charge in [0.1, 0.15) is 0 Å². The van der Waals surface area contributed by atoms with E-state index in [-0.39, 0.29) is 0 Å². The van der Waals surface area contributed by atoms with Crippen molar-refractivity contribution >= 4 is 6.21 Å². The number of rotatable bonds is 3. The summed E-state index contributed by atoms with van der Waals surface area (Å²) >= 11 is 0. The van der Waals surface area contributed by atoms with Gasteiger partial charge in [0.2, 0.25) is 0 Å². The van der Waals surface area contributed by atoms with Gasteiger partial charge in [-0.1, -0.05) is 49.6 Å². The SMILES string of the molecule is [O-][N+](=CC1CCCCC1)Cc1ccccc1. The summed E-state index contributed by atoms with van der Waals surface area (Å²) in [6, 6.07) is 9.93. The normalized spacial score (nSPS) is 18.6. The highest BCUT2D eigenvalue weighted by Crippen LogP contribution is 2.21. The summed E-state index contributed by atoms with van der Waals surface area (Å²) in [5.74, 6) is 0.509. The second-order valence-electron chi connectivity index (χ2n) is 4.61. The van der Waals surface area contributed by atoms with Gasteiger partial charge in [0, 0.05) is 11.5 Å². The summed E-state index contributed by atoms with van der Waals surface area (Å²) < 4.78 is 1.10. The third-order valence-corrected chi connectivity index (χ3v) is 3.21. The Morgan fingerprint density at radius 1 is 1.12 bits per heavy atom. The van der Waals surface area contributed by atoms with Crippen LogP contribution in [0.4, 0.5) is 0 Å². The lowest BCUT2D eigenvalue weighted by molar-refractivity contribution is -0.472. The number of hydrogen-bond donors (Lipinski definition) is 0. The van der Waals surface area contributed by atoms with E-state index in [0.717, 1.165) is 10.3 Å². The summed E-state index contributed by atoms with van der Waals surface area (Å²) in [6.45, 7) is 0.483. The standard InChI is InChI=1S/C14H19NO/c16-15(11-13-7-3-1-4-8-13)12-14-9-5-2-6-10-14/h1,3-4,7-8,12,14H,2,5-6,9-11H2. The average molecular weight is 217 g/mol. The van der Waals surface area contributed by atoms with Gasteiger partial charge in [-0.2, -0.15) is 0 Å². The third-order valence-electron chi connectivity index (χ3n) is 3.21. The molecule has 0 heterocycles. The van der Waals surface area contributed by atoms with Crippen molar-refractivity contribution in [3.05, 3.63) is 41.1 Å². The predicted molar refractivity (Wildman–Crippen MR) is 66.4 cm³/mol. The van der Waals surface area contributed by atoms with Gasteiger partial charge in [-0.15, -0.1) is 0 Å². The Morgan fingerprint density at radius 2 is 1.81 bits per heavy atom. The molecule has 0 radical (unpaired) electrons. The highest BCUT2D eigenvalue weighted by molar-refractivity contribution is 5.55. The van der Waals surface area contributed by atoms with E-state index in [4.69, 9.17) is 0 Å². The minimum Gasteiger partial charge on any atom is -0.624 e. The van der Waals surface area contributed by atoms with Crippen molar-refractivity contribution < 1.29 is 4.74 Å². The van der Waals surface area contributed by atoms with Crippen molar-refractivity contribution in [2.24, 2.45) is 5.92 Å². The molecule has 2 heteroatoms. The summed E-state index contributed by atoms with van der Waals surface area (Å²) in [7, 11) is 0. The van der Waals surface area contributed by atoms with E-state index in [0.29, 0.717) is 12.5 Å². The Hall–Kier alpha value is -1.31. The predicted octanol–water partition coefficient (Wildman–Crippen LogP) is 3.35. The van der Waals surface area contributed by atoms with Crippen molar-refractivity contribution in [3.63, 3.8) is 0 Å². The highest BCUT2D eigenvalue weighted by Gasteiger charge is 2.14. The molecular formula is C14H19NO. The van der Waals surface area contributed by atoms with Crippen LogP contribution in [-0.2, 0) is 6.54 Å². The molecule has 0 N–H and O–H groups in total. The van der Waals surface area contributed by atoms with Crippen molar-refractivity contribution in [2.75, 3.05) is 0 Å². The lowest BCUT2D eigenvalue weighted by atomic mass is 9.90. The Kier molecular flexibility index (Phi) is 3.97. The molecule has 0 atom stereocenters. The molecule has 0 saturated heterocycles. The van der Waals surface area contributed by atoms with Gasteiger partial charge < -0.3 is 5.21 Å². The molecule has 0 aromatic heterocycles. The Labute approximate surface area is 97.2 Å². The van der Waals surface area contributed by atoms with Crippen molar-refractivity contribution in [2.45, 2.75) is 38.6 Å². The number of nitrogens with zero attached hydrogens (tertiary/aromatic N) is 1. The maximum atomic E-state index is 11.7. The Bertz CT molecular complexity index is 339. The summed E-state index contributed by atoms with van der Waals surface area (Å²) in [6.07, 6.45) is 8.15. The molecule has 0 unspecified atom stereocenters. The van der Waals surface area contributed by atoms with Crippen LogP contribution in [0.25, 0.3) is 0 Å². The van der Waals surface area contributed by atoms with Crippen LogP contribution in [0.1, 0.15) is 37.7 Å². The smallest absolute Gasteiger partial charge is 0.178 e. The average Bonchev–Trinajstić information content (AvgIpc) is 2.31. The van der Waals surface area contributed by atoms with Crippen LogP contribution < -0.4 is 0 Å². The lowest BCUT2D eigenvalue weighted by Crippen LogP contribution is -2.15. The Morgan fingerprint density at radius 3 is 2.50 bits per heavy atom. The fourth-order valence-corrected chi connectivity index (χ4v) is 2.33. The molecule has 0 spiro atoms. The molecule has 1 saturated carbocycles. The molecule has 1 aromatic rings. The van der Waals surface area contributed by atoms with Crippen LogP contribution in [-0.4, -0.2) is 11.0 Å². The minimum atomic E-state index is 0.483. The van der Waals surface area contributed by atoms with Gasteiger partial charge in [0.25, 0.3) is 0 Å². The molecule has 2 nitrogen and oxygen atoms in total. The van der Waals surface area contributed by atoms with E-state index >= 15 is 0 Å². The van der Waals surface area contributed by atoms with E-state index in [1.165, 1.54) is 32.1 Å². The first-order valence-corrected chi connectivity index (χ1v) is 6.17. The van der Waals surface area contributed by atoms with Crippen LogP contribution in [0.15, 0.2) is 30.3 Å². The summed E-state index contributed by atoms with van der Waals surface area (Å²) in [5, 5.41) is 11.7. The quantitative estimate of drug-likeness (QED) is 0.330. The van der Waals surface area contributed by atoms with E-state index < -0.39 is 0 Å². The van der Waals surface area contributed by atoms with Crippen LogP contribution in [0.2, 0.25) is 0 Å². The third kappa shape index (κ3) is 3.37. The Balaban J connectivity index is 1.91. The maximum Gasteiger partial charge on any atom is 0.178 e. The molecule has 0 aliphatic heterocycles. The lowest BCUT2D eigenvalue weighted by Gasteiger charge is -2.17. The van der Waals surface area contributed by atoms with Crippen LogP contribution in [0.3, 0.4) is 0 Å². The molecule has 0 amide bonds. The van der Waals surface area contributed by atoms with Crippen LogP contribution >= 0.6 is 0 Å². The molecular weight excluding hydrogens is 198 g/mol. The molecule has 0 bridgehead atoms. The number of hydrogen-bond acceptors (Lipinski definition) is 1. The van der Waals surface area contributed by atoms with Gasteiger partial charge in [-0.05, 0) is 12.8 Å². The largest absolute Gasteiger partial charge is 0.624 e. The molecule has 2 rings (SSSR count). The topological polar surface area (TPSA) is 26.1 Å². The molecule has 16 heavy (non-hydrogen) atoms. The van der Waals surface area contributed by atoms with Crippen molar-refractivity contribution in [1.82, 2.24) is 0 Å². The minimum absolute atomic E-state index is 0.483. The molecule has 1 aromatic carbocycles. The van der Waals surface area contributed by atoms with E-state index in [1.807, 2.05) is 36.5 Å². The molecule has 1 aliphatic rings. The van der Waals surface area contributed by atoms with Crippen molar-refractivity contribution in [3.8, 4) is 0 Å². The van der Waals surface area contributed by atoms with Gasteiger partial charge in [-0.25, -0.2) is 4.74 Å². The number of benzene rings is 1.